The number of nitrogens with zero attached hydrogens (tertiary/aromatic N) is 4. The first-order valence-electron chi connectivity index (χ1n) is 8.55. The van der Waals surface area contributed by atoms with Crippen molar-refractivity contribution in [1.82, 2.24) is 19.7 Å². The lowest BCUT2D eigenvalue weighted by Crippen LogP contribution is -2.20. The van der Waals surface area contributed by atoms with Crippen LogP contribution in [0.3, 0.4) is 0 Å². The maximum absolute atomic E-state index is 12.0. The van der Waals surface area contributed by atoms with E-state index in [1.54, 1.807) is 51.0 Å². The summed E-state index contributed by atoms with van der Waals surface area (Å²) in [5.74, 6) is 2.02. The highest BCUT2D eigenvalue weighted by atomic mass is 16.5. The summed E-state index contributed by atoms with van der Waals surface area (Å²) in [6.45, 7) is 1.69. The van der Waals surface area contributed by atoms with Gasteiger partial charge < -0.3 is 18.6 Å². The van der Waals surface area contributed by atoms with Crippen LogP contribution < -0.4 is 15.0 Å². The van der Waals surface area contributed by atoms with E-state index in [-0.39, 0.29) is 5.56 Å². The number of aromatic nitrogens is 4. The molecule has 8 heteroatoms. The monoisotopic (exact) mass is 378 g/mol. The zero-order chi connectivity index (χ0) is 19.8. The van der Waals surface area contributed by atoms with Crippen molar-refractivity contribution in [2.45, 2.75) is 6.92 Å². The molecule has 0 radical (unpaired) electrons. The van der Waals surface area contributed by atoms with E-state index in [2.05, 4.69) is 15.1 Å². The number of hydrogen-bond acceptors (Lipinski definition) is 7. The molecule has 0 saturated carbocycles. The first kappa shape index (κ1) is 17.7. The van der Waals surface area contributed by atoms with Crippen LogP contribution in [0.25, 0.3) is 33.9 Å². The first-order chi connectivity index (χ1) is 13.5. The van der Waals surface area contributed by atoms with Gasteiger partial charge in [0.25, 0.3) is 11.4 Å². The van der Waals surface area contributed by atoms with Crippen LogP contribution in [0, 0.1) is 6.92 Å². The van der Waals surface area contributed by atoms with E-state index in [0.29, 0.717) is 40.0 Å². The van der Waals surface area contributed by atoms with Gasteiger partial charge in [0.1, 0.15) is 17.2 Å². The minimum atomic E-state index is -0.117. The van der Waals surface area contributed by atoms with Crippen LogP contribution in [0.4, 0.5) is 0 Å². The molecule has 0 spiro atoms. The minimum absolute atomic E-state index is 0.117. The highest BCUT2D eigenvalue weighted by Crippen LogP contribution is 2.30. The van der Waals surface area contributed by atoms with Crippen molar-refractivity contribution in [2.24, 2.45) is 7.05 Å². The van der Waals surface area contributed by atoms with Crippen molar-refractivity contribution in [2.75, 3.05) is 14.2 Å². The predicted octanol–water partition coefficient (Wildman–Crippen LogP) is 2.98. The molecule has 0 N–H and O–H groups in total. The average Bonchev–Trinajstić information content (AvgIpc) is 3.21. The van der Waals surface area contributed by atoms with Crippen molar-refractivity contribution in [1.29, 1.82) is 0 Å². The molecule has 0 aliphatic heterocycles. The second-order valence-electron chi connectivity index (χ2n) is 6.29. The van der Waals surface area contributed by atoms with Crippen LogP contribution >= 0.6 is 0 Å². The fourth-order valence-corrected chi connectivity index (χ4v) is 3.01. The van der Waals surface area contributed by atoms with Crippen molar-refractivity contribution in [3.05, 3.63) is 52.4 Å². The minimum Gasteiger partial charge on any atom is -0.497 e. The first-order valence-corrected chi connectivity index (χ1v) is 8.55. The third-order valence-electron chi connectivity index (χ3n) is 4.52. The van der Waals surface area contributed by atoms with E-state index in [9.17, 15) is 4.79 Å². The molecule has 0 fully saturated rings. The highest BCUT2D eigenvalue weighted by Gasteiger charge is 2.14. The molecule has 0 saturated heterocycles. The van der Waals surface area contributed by atoms with Crippen LogP contribution in [0.5, 0.6) is 11.5 Å². The number of fused-ring (bicyclic) bond motifs is 1. The van der Waals surface area contributed by atoms with Crippen LogP contribution in [0.15, 0.2) is 45.7 Å². The lowest BCUT2D eigenvalue weighted by Gasteiger charge is -2.06. The largest absolute Gasteiger partial charge is 0.497 e. The molecule has 4 rings (SSSR count). The van der Waals surface area contributed by atoms with Crippen molar-refractivity contribution in [3.63, 3.8) is 0 Å². The highest BCUT2D eigenvalue weighted by molar-refractivity contribution is 5.80. The number of aryl methyl sites for hydroxylation is 2. The summed E-state index contributed by atoms with van der Waals surface area (Å²) in [5, 5.41) is 4.08. The van der Waals surface area contributed by atoms with Gasteiger partial charge in [0.2, 0.25) is 5.82 Å². The van der Waals surface area contributed by atoms with Crippen molar-refractivity contribution >= 4 is 11.0 Å². The van der Waals surface area contributed by atoms with Gasteiger partial charge in [-0.2, -0.15) is 4.98 Å². The zero-order valence-corrected chi connectivity index (χ0v) is 15.9. The summed E-state index contributed by atoms with van der Waals surface area (Å²) in [7, 11) is 4.88. The van der Waals surface area contributed by atoms with Gasteiger partial charge in [-0.05, 0) is 37.3 Å². The SMILES string of the molecule is COc1cc(OC)cc(-c2nc(-c3ccc4c(c3)nc(C)c(=O)n4C)no2)c1. The van der Waals surface area contributed by atoms with Crippen molar-refractivity contribution in [3.8, 4) is 34.3 Å². The van der Waals surface area contributed by atoms with Gasteiger partial charge in [0.15, 0.2) is 0 Å². The molecule has 8 nitrogen and oxygen atoms in total. The topological polar surface area (TPSA) is 92.3 Å². The summed E-state index contributed by atoms with van der Waals surface area (Å²) in [6.07, 6.45) is 0. The van der Waals surface area contributed by atoms with Gasteiger partial charge in [-0.25, -0.2) is 4.98 Å². The van der Waals surface area contributed by atoms with Gasteiger partial charge in [0.05, 0.1) is 25.3 Å². The van der Waals surface area contributed by atoms with Gasteiger partial charge in [-0.3, -0.25) is 4.79 Å². The fraction of sp³-hybridized carbons (Fsp3) is 0.200. The summed E-state index contributed by atoms with van der Waals surface area (Å²) in [5.41, 5.74) is 3.17. The zero-order valence-electron chi connectivity index (χ0n) is 15.9. The molecule has 0 bridgehead atoms. The normalized spacial score (nSPS) is 11.0. The van der Waals surface area contributed by atoms with E-state index < -0.39 is 0 Å². The van der Waals surface area contributed by atoms with Crippen molar-refractivity contribution < 1.29 is 14.0 Å². The van der Waals surface area contributed by atoms with Crippen LogP contribution in [0.1, 0.15) is 5.69 Å². The van der Waals surface area contributed by atoms with E-state index in [0.717, 1.165) is 11.1 Å². The van der Waals surface area contributed by atoms with Crippen LogP contribution in [-0.4, -0.2) is 33.9 Å². The molecule has 0 atom stereocenters. The second kappa shape index (κ2) is 6.80. The number of benzene rings is 2. The number of rotatable bonds is 4. The van der Waals surface area contributed by atoms with Crippen LogP contribution in [0.2, 0.25) is 0 Å². The summed E-state index contributed by atoms with van der Waals surface area (Å²) in [4.78, 5) is 20.9. The lowest BCUT2D eigenvalue weighted by atomic mass is 10.1. The summed E-state index contributed by atoms with van der Waals surface area (Å²) >= 11 is 0. The molecule has 28 heavy (non-hydrogen) atoms. The molecular formula is C20H18N4O4. The third kappa shape index (κ3) is 2.98. The molecule has 0 unspecified atom stereocenters. The summed E-state index contributed by atoms with van der Waals surface area (Å²) < 4.78 is 17.6. The van der Waals surface area contributed by atoms with Crippen LogP contribution in [-0.2, 0) is 7.05 Å². The molecule has 0 amide bonds. The van der Waals surface area contributed by atoms with Gasteiger partial charge >= 0.3 is 0 Å². The van der Waals surface area contributed by atoms with E-state index in [1.165, 1.54) is 0 Å². The Balaban J connectivity index is 1.77. The van der Waals surface area contributed by atoms with E-state index in [4.69, 9.17) is 14.0 Å². The Bertz CT molecular complexity index is 1220. The Morgan fingerprint density at radius 1 is 0.964 bits per heavy atom. The second-order valence-corrected chi connectivity index (χ2v) is 6.29. The Hall–Kier alpha value is -3.68. The average molecular weight is 378 g/mol. The Morgan fingerprint density at radius 3 is 2.36 bits per heavy atom. The number of hydrogen-bond donors (Lipinski definition) is 0. The Kier molecular flexibility index (Phi) is 4.31. The fourth-order valence-electron chi connectivity index (χ4n) is 3.01. The Morgan fingerprint density at radius 2 is 1.68 bits per heavy atom. The molecule has 0 aliphatic carbocycles. The third-order valence-corrected chi connectivity index (χ3v) is 4.52. The van der Waals surface area contributed by atoms with Gasteiger partial charge in [0, 0.05) is 24.2 Å². The quantitative estimate of drug-likeness (QED) is 0.539. The standard InChI is InChI=1S/C20H18N4O4/c1-11-20(25)24(2)17-6-5-12(9-16(17)21-11)18-22-19(28-23-18)13-7-14(26-3)10-15(8-13)27-4/h5-10H,1-4H3. The molecule has 2 aromatic heterocycles. The molecule has 2 aromatic carbocycles. The number of methoxy groups -OCH3 is 2. The number of ether oxygens (including phenoxy) is 2. The van der Waals surface area contributed by atoms with E-state index >= 15 is 0 Å². The molecule has 142 valence electrons. The predicted molar refractivity (Wildman–Crippen MR) is 104 cm³/mol. The van der Waals surface area contributed by atoms with Gasteiger partial charge in [-0.1, -0.05) is 5.16 Å². The molecule has 4 aromatic rings. The smallest absolute Gasteiger partial charge is 0.272 e. The van der Waals surface area contributed by atoms with Gasteiger partial charge in [-0.15, -0.1) is 0 Å². The lowest BCUT2D eigenvalue weighted by molar-refractivity contribution is 0.393. The van der Waals surface area contributed by atoms with E-state index in [1.807, 2.05) is 18.2 Å². The maximum atomic E-state index is 12.0. The maximum Gasteiger partial charge on any atom is 0.272 e. The summed E-state index contributed by atoms with van der Waals surface area (Å²) in [6, 6.07) is 10.8. The molecular weight excluding hydrogens is 360 g/mol. The Labute approximate surface area is 160 Å². The molecule has 0 aliphatic rings. The molecule has 2 heterocycles.